The van der Waals surface area contributed by atoms with Crippen LogP contribution < -0.4 is 4.90 Å². The van der Waals surface area contributed by atoms with Crippen LogP contribution in [0, 0.1) is 6.92 Å². The Kier molecular flexibility index (Phi) is 6.27. The van der Waals surface area contributed by atoms with Gasteiger partial charge in [0.05, 0.1) is 25.0 Å². The number of rotatable bonds is 7. The largest absolute Gasteiger partial charge is 0.312 e. The summed E-state index contributed by atoms with van der Waals surface area (Å²) in [6.45, 7) is 4.12. The van der Waals surface area contributed by atoms with E-state index in [0.29, 0.717) is 12.2 Å². The van der Waals surface area contributed by atoms with Crippen LogP contribution in [0.1, 0.15) is 18.2 Å². The lowest BCUT2D eigenvalue weighted by molar-refractivity contribution is -0.118. The van der Waals surface area contributed by atoms with Gasteiger partial charge in [-0.25, -0.2) is 8.42 Å². The van der Waals surface area contributed by atoms with Crippen LogP contribution in [0.5, 0.6) is 0 Å². The first-order chi connectivity index (χ1) is 11.8. The lowest BCUT2D eigenvalue weighted by Crippen LogP contribution is -2.42. The number of aromatic nitrogens is 1. The highest BCUT2D eigenvalue weighted by Gasteiger charge is 2.24. The number of carbonyl (C=O) groups excluding carboxylic acids is 1. The molecule has 0 N–H and O–H groups in total. The smallest absolute Gasteiger partial charge is 0.242 e. The summed E-state index contributed by atoms with van der Waals surface area (Å²) in [6, 6.07) is 12.9. The summed E-state index contributed by atoms with van der Waals surface area (Å²) < 4.78 is 25.3. The Morgan fingerprint density at radius 2 is 1.92 bits per heavy atom. The third-order valence-electron chi connectivity index (χ3n) is 3.78. The molecule has 0 atom stereocenters. The predicted octanol–water partition coefficient (Wildman–Crippen LogP) is 2.20. The molecule has 1 aromatic carbocycles. The van der Waals surface area contributed by atoms with Crippen LogP contribution in [0.25, 0.3) is 0 Å². The highest BCUT2D eigenvalue weighted by molar-refractivity contribution is 7.88. The van der Waals surface area contributed by atoms with Gasteiger partial charge in [0.1, 0.15) is 0 Å². The maximum atomic E-state index is 12.7. The third-order valence-corrected chi connectivity index (χ3v) is 4.97. The Bertz CT molecular complexity index is 822. The molecule has 0 aliphatic rings. The fraction of sp³-hybridized carbons (Fsp3) is 0.333. The lowest BCUT2D eigenvalue weighted by atomic mass is 10.2. The monoisotopic (exact) mass is 361 g/mol. The Hall–Kier alpha value is -2.25. The quantitative estimate of drug-likeness (QED) is 0.758. The topological polar surface area (TPSA) is 70.6 Å². The fourth-order valence-electron chi connectivity index (χ4n) is 2.50. The Morgan fingerprint density at radius 3 is 2.48 bits per heavy atom. The first-order valence-electron chi connectivity index (χ1n) is 8.03. The summed E-state index contributed by atoms with van der Waals surface area (Å²) in [4.78, 5) is 18.5. The molecule has 2 rings (SSSR count). The van der Waals surface area contributed by atoms with E-state index in [2.05, 4.69) is 4.98 Å². The lowest BCUT2D eigenvalue weighted by Gasteiger charge is -2.25. The van der Waals surface area contributed by atoms with Crippen molar-refractivity contribution in [2.45, 2.75) is 20.4 Å². The van der Waals surface area contributed by atoms with Gasteiger partial charge in [0, 0.05) is 18.4 Å². The van der Waals surface area contributed by atoms with Crippen molar-refractivity contribution in [1.82, 2.24) is 9.29 Å². The van der Waals surface area contributed by atoms with Gasteiger partial charge in [-0.05, 0) is 43.7 Å². The average Bonchev–Trinajstić information content (AvgIpc) is 2.55. The van der Waals surface area contributed by atoms with Gasteiger partial charge in [0.15, 0.2) is 0 Å². The van der Waals surface area contributed by atoms with Crippen LogP contribution in [0.15, 0.2) is 48.7 Å². The van der Waals surface area contributed by atoms with E-state index in [4.69, 9.17) is 0 Å². The van der Waals surface area contributed by atoms with Crippen molar-refractivity contribution >= 4 is 21.6 Å². The van der Waals surface area contributed by atoms with E-state index in [1.54, 1.807) is 29.3 Å². The number of aryl methyl sites for hydroxylation is 1. The van der Waals surface area contributed by atoms with Crippen LogP contribution in [0.3, 0.4) is 0 Å². The first kappa shape index (κ1) is 19.1. The number of sulfonamides is 1. The minimum absolute atomic E-state index is 0.0663. The second-order valence-electron chi connectivity index (χ2n) is 5.83. The second-order valence-corrected chi connectivity index (χ2v) is 7.81. The molecule has 1 aromatic heterocycles. The van der Waals surface area contributed by atoms with Gasteiger partial charge in [-0.2, -0.15) is 4.31 Å². The van der Waals surface area contributed by atoms with Crippen LogP contribution in [-0.4, -0.2) is 43.0 Å². The highest BCUT2D eigenvalue weighted by Crippen LogP contribution is 2.17. The number of likely N-dealkylation sites (N-methyl/N-ethyl adjacent to an activating group) is 1. The molecule has 0 spiro atoms. The van der Waals surface area contributed by atoms with Crippen molar-refractivity contribution in [3.63, 3.8) is 0 Å². The van der Waals surface area contributed by atoms with E-state index in [1.807, 2.05) is 38.1 Å². The van der Waals surface area contributed by atoms with Crippen LogP contribution in [0.2, 0.25) is 0 Å². The molecule has 134 valence electrons. The van der Waals surface area contributed by atoms with E-state index in [1.165, 1.54) is 0 Å². The van der Waals surface area contributed by atoms with E-state index in [-0.39, 0.29) is 19.0 Å². The van der Waals surface area contributed by atoms with Gasteiger partial charge in [-0.15, -0.1) is 0 Å². The maximum Gasteiger partial charge on any atom is 0.242 e. The number of anilines is 1. The van der Waals surface area contributed by atoms with Gasteiger partial charge >= 0.3 is 0 Å². The van der Waals surface area contributed by atoms with Crippen molar-refractivity contribution in [3.8, 4) is 0 Å². The Morgan fingerprint density at radius 1 is 1.16 bits per heavy atom. The summed E-state index contributed by atoms with van der Waals surface area (Å²) in [5.41, 5.74) is 2.40. The third kappa shape index (κ3) is 5.37. The molecular weight excluding hydrogens is 338 g/mol. The number of amides is 1. The Labute approximate surface area is 149 Å². The number of hydrogen-bond acceptors (Lipinski definition) is 4. The fourth-order valence-corrected chi connectivity index (χ4v) is 3.21. The molecule has 25 heavy (non-hydrogen) atoms. The summed E-state index contributed by atoms with van der Waals surface area (Å²) in [7, 11) is -3.54. The predicted molar refractivity (Wildman–Crippen MR) is 98.7 cm³/mol. The number of benzene rings is 1. The van der Waals surface area contributed by atoms with E-state index >= 15 is 0 Å². The number of hydrogen-bond donors (Lipinski definition) is 0. The maximum absolute atomic E-state index is 12.7. The van der Waals surface area contributed by atoms with Crippen molar-refractivity contribution in [2.24, 2.45) is 0 Å². The number of pyridine rings is 1. The van der Waals surface area contributed by atoms with E-state index in [9.17, 15) is 13.2 Å². The summed E-state index contributed by atoms with van der Waals surface area (Å²) in [6.07, 6.45) is 2.70. The zero-order valence-electron chi connectivity index (χ0n) is 14.7. The highest BCUT2D eigenvalue weighted by atomic mass is 32.2. The van der Waals surface area contributed by atoms with E-state index in [0.717, 1.165) is 21.8 Å². The molecule has 2 aromatic rings. The summed E-state index contributed by atoms with van der Waals surface area (Å²) >= 11 is 0. The van der Waals surface area contributed by atoms with Crippen molar-refractivity contribution in [2.75, 3.05) is 24.2 Å². The standard InChI is InChI=1S/C18H23N3O3S/c1-4-21(17-10-7-8-15(2)12-17)18(22)14-20(25(3,23)24)13-16-9-5-6-11-19-16/h5-12H,4,13-14H2,1-3H3. The molecular formula is C18H23N3O3S. The zero-order chi connectivity index (χ0) is 18.4. The molecule has 0 unspecified atom stereocenters. The Balaban J connectivity index is 2.20. The molecule has 6 nitrogen and oxygen atoms in total. The van der Waals surface area contributed by atoms with Crippen LogP contribution in [-0.2, 0) is 21.4 Å². The van der Waals surface area contributed by atoms with Crippen molar-refractivity contribution in [3.05, 3.63) is 59.9 Å². The SMILES string of the molecule is CCN(C(=O)CN(Cc1ccccn1)S(C)(=O)=O)c1cccc(C)c1. The van der Waals surface area contributed by atoms with Gasteiger partial charge in [0.25, 0.3) is 0 Å². The van der Waals surface area contributed by atoms with Crippen LogP contribution in [0.4, 0.5) is 5.69 Å². The molecule has 7 heteroatoms. The zero-order valence-corrected chi connectivity index (χ0v) is 15.5. The van der Waals surface area contributed by atoms with Crippen molar-refractivity contribution < 1.29 is 13.2 Å². The van der Waals surface area contributed by atoms with Crippen LogP contribution >= 0.6 is 0 Å². The molecule has 0 radical (unpaired) electrons. The van der Waals surface area contributed by atoms with Gasteiger partial charge in [-0.3, -0.25) is 9.78 Å². The van der Waals surface area contributed by atoms with Gasteiger partial charge < -0.3 is 4.90 Å². The summed E-state index contributed by atoms with van der Waals surface area (Å²) in [5.74, 6) is -0.269. The molecule has 0 aliphatic carbocycles. The molecule has 0 bridgehead atoms. The minimum Gasteiger partial charge on any atom is -0.312 e. The first-order valence-corrected chi connectivity index (χ1v) is 9.88. The molecule has 0 aliphatic heterocycles. The number of carbonyl (C=O) groups is 1. The molecule has 1 heterocycles. The minimum atomic E-state index is -3.54. The van der Waals surface area contributed by atoms with E-state index < -0.39 is 10.0 Å². The average molecular weight is 361 g/mol. The molecule has 0 saturated heterocycles. The normalized spacial score (nSPS) is 11.5. The summed E-state index contributed by atoms with van der Waals surface area (Å²) in [5, 5.41) is 0. The van der Waals surface area contributed by atoms with Gasteiger partial charge in [0.2, 0.25) is 15.9 Å². The number of nitrogens with zero attached hydrogens (tertiary/aromatic N) is 3. The second kappa shape index (κ2) is 8.22. The molecule has 1 amide bonds. The van der Waals surface area contributed by atoms with Crippen molar-refractivity contribution in [1.29, 1.82) is 0 Å². The molecule has 0 saturated carbocycles. The van der Waals surface area contributed by atoms with Gasteiger partial charge in [-0.1, -0.05) is 18.2 Å². The molecule has 0 fully saturated rings.